The fourth-order valence-corrected chi connectivity index (χ4v) is 3.37. The van der Waals surface area contributed by atoms with Crippen LogP contribution >= 0.6 is 11.6 Å². The Hall–Kier alpha value is -1.39. The van der Waals surface area contributed by atoms with Gasteiger partial charge >= 0.3 is 0 Å². The molecule has 0 spiro atoms. The Balaban J connectivity index is 1.61. The van der Waals surface area contributed by atoms with Crippen molar-refractivity contribution in [1.82, 2.24) is 19.4 Å². The molecule has 2 aromatic rings. The van der Waals surface area contributed by atoms with Gasteiger partial charge in [0.2, 0.25) is 0 Å². The highest BCUT2D eigenvalue weighted by molar-refractivity contribution is 6.29. The van der Waals surface area contributed by atoms with Crippen LogP contribution in [-0.2, 0) is 13.1 Å². The number of pyridine rings is 1. The fraction of sp³-hybridized carbons (Fsp3) is 0.529. The SMILES string of the molecule is Cc1nccn1CC[C@H]1CCCCN1Cc1ccc(Cl)nc1. The number of piperidine rings is 1. The lowest BCUT2D eigenvalue weighted by Gasteiger charge is -2.36. The molecule has 1 atom stereocenters. The lowest BCUT2D eigenvalue weighted by Crippen LogP contribution is -2.39. The van der Waals surface area contributed by atoms with E-state index in [1.165, 1.54) is 37.8 Å². The van der Waals surface area contributed by atoms with Gasteiger partial charge in [0.25, 0.3) is 0 Å². The first-order valence-electron chi connectivity index (χ1n) is 8.04. The molecule has 1 aliphatic heterocycles. The van der Waals surface area contributed by atoms with Crippen LogP contribution in [0.3, 0.4) is 0 Å². The third kappa shape index (κ3) is 3.87. The minimum atomic E-state index is 0.564. The molecule has 0 aliphatic carbocycles. The summed E-state index contributed by atoms with van der Waals surface area (Å²) in [5.41, 5.74) is 1.25. The topological polar surface area (TPSA) is 34.0 Å². The Morgan fingerprint density at radius 3 is 2.91 bits per heavy atom. The van der Waals surface area contributed by atoms with Crippen LogP contribution in [0.15, 0.2) is 30.7 Å². The van der Waals surface area contributed by atoms with Crippen LogP contribution in [-0.4, -0.2) is 32.0 Å². The number of aromatic nitrogens is 3. The highest BCUT2D eigenvalue weighted by Crippen LogP contribution is 2.22. The Labute approximate surface area is 137 Å². The zero-order chi connectivity index (χ0) is 15.4. The van der Waals surface area contributed by atoms with Crippen LogP contribution in [0.25, 0.3) is 0 Å². The average Bonchev–Trinajstić information content (AvgIpc) is 2.94. The third-order valence-corrected chi connectivity index (χ3v) is 4.77. The average molecular weight is 319 g/mol. The summed E-state index contributed by atoms with van der Waals surface area (Å²) in [4.78, 5) is 11.1. The van der Waals surface area contributed by atoms with Crippen LogP contribution in [0.5, 0.6) is 0 Å². The van der Waals surface area contributed by atoms with Gasteiger partial charge in [-0.05, 0) is 44.4 Å². The smallest absolute Gasteiger partial charge is 0.129 e. The monoisotopic (exact) mass is 318 g/mol. The van der Waals surface area contributed by atoms with Gasteiger partial charge < -0.3 is 4.57 Å². The molecule has 0 radical (unpaired) electrons. The van der Waals surface area contributed by atoms with E-state index in [1.54, 1.807) is 0 Å². The molecule has 22 heavy (non-hydrogen) atoms. The van der Waals surface area contributed by atoms with E-state index in [4.69, 9.17) is 11.6 Å². The summed E-state index contributed by atoms with van der Waals surface area (Å²) in [6, 6.07) is 4.61. The van der Waals surface area contributed by atoms with Crippen molar-refractivity contribution in [2.24, 2.45) is 0 Å². The second-order valence-corrected chi connectivity index (χ2v) is 6.45. The van der Waals surface area contributed by atoms with E-state index in [9.17, 15) is 0 Å². The maximum Gasteiger partial charge on any atom is 0.129 e. The highest BCUT2D eigenvalue weighted by Gasteiger charge is 2.22. The largest absolute Gasteiger partial charge is 0.335 e. The van der Waals surface area contributed by atoms with Gasteiger partial charge in [0.05, 0.1) is 0 Å². The lowest BCUT2D eigenvalue weighted by molar-refractivity contribution is 0.128. The second kappa shape index (κ2) is 7.25. The van der Waals surface area contributed by atoms with E-state index in [2.05, 4.69) is 38.6 Å². The number of aryl methyl sites for hydroxylation is 2. The molecule has 4 nitrogen and oxygen atoms in total. The molecule has 0 bridgehead atoms. The molecule has 0 unspecified atom stereocenters. The van der Waals surface area contributed by atoms with Gasteiger partial charge in [-0.2, -0.15) is 0 Å². The fourth-order valence-electron chi connectivity index (χ4n) is 3.26. The van der Waals surface area contributed by atoms with E-state index in [1.807, 2.05) is 18.5 Å². The number of rotatable bonds is 5. The summed E-state index contributed by atoms with van der Waals surface area (Å²) in [7, 11) is 0. The van der Waals surface area contributed by atoms with E-state index in [0.29, 0.717) is 11.2 Å². The molecule has 0 aromatic carbocycles. The first-order chi connectivity index (χ1) is 10.7. The summed E-state index contributed by atoms with van der Waals surface area (Å²) in [6.45, 7) is 5.26. The molecule has 1 fully saturated rings. The van der Waals surface area contributed by atoms with Crippen LogP contribution in [0.1, 0.15) is 37.1 Å². The number of hydrogen-bond donors (Lipinski definition) is 0. The number of halogens is 1. The van der Waals surface area contributed by atoms with Crippen molar-refractivity contribution in [3.63, 3.8) is 0 Å². The van der Waals surface area contributed by atoms with Crippen LogP contribution in [0.4, 0.5) is 0 Å². The van der Waals surface area contributed by atoms with Gasteiger partial charge in [-0.25, -0.2) is 9.97 Å². The number of likely N-dealkylation sites (tertiary alicyclic amines) is 1. The van der Waals surface area contributed by atoms with Crippen LogP contribution < -0.4 is 0 Å². The minimum Gasteiger partial charge on any atom is -0.335 e. The molecule has 118 valence electrons. The Bertz CT molecular complexity index is 593. The highest BCUT2D eigenvalue weighted by atomic mass is 35.5. The first-order valence-corrected chi connectivity index (χ1v) is 8.42. The van der Waals surface area contributed by atoms with Gasteiger partial charge in [0.15, 0.2) is 0 Å². The lowest BCUT2D eigenvalue weighted by atomic mass is 9.98. The normalized spacial score (nSPS) is 19.5. The summed E-state index contributed by atoms with van der Waals surface area (Å²) in [5, 5.41) is 0.564. The van der Waals surface area contributed by atoms with Crippen LogP contribution in [0, 0.1) is 6.92 Å². The molecule has 0 saturated carbocycles. The number of nitrogens with zero attached hydrogens (tertiary/aromatic N) is 4. The predicted octanol–water partition coefficient (Wildman–Crippen LogP) is 3.68. The number of imidazole rings is 1. The van der Waals surface area contributed by atoms with Crippen molar-refractivity contribution in [3.05, 3.63) is 47.3 Å². The Morgan fingerprint density at radius 1 is 1.27 bits per heavy atom. The van der Waals surface area contributed by atoms with Crippen LogP contribution in [0.2, 0.25) is 5.15 Å². The zero-order valence-corrected chi connectivity index (χ0v) is 13.8. The summed E-state index contributed by atoms with van der Waals surface area (Å²) in [5.74, 6) is 1.10. The van der Waals surface area contributed by atoms with E-state index in [-0.39, 0.29) is 0 Å². The van der Waals surface area contributed by atoms with Crippen molar-refractivity contribution in [2.45, 2.75) is 51.7 Å². The van der Waals surface area contributed by atoms with Crippen molar-refractivity contribution < 1.29 is 0 Å². The van der Waals surface area contributed by atoms with Gasteiger partial charge in [0, 0.05) is 37.7 Å². The van der Waals surface area contributed by atoms with Crippen molar-refractivity contribution in [3.8, 4) is 0 Å². The predicted molar refractivity (Wildman–Crippen MR) is 88.9 cm³/mol. The number of hydrogen-bond acceptors (Lipinski definition) is 3. The molecular formula is C17H23ClN4. The van der Waals surface area contributed by atoms with E-state index in [0.717, 1.165) is 18.9 Å². The Morgan fingerprint density at radius 2 is 2.18 bits per heavy atom. The van der Waals surface area contributed by atoms with Gasteiger partial charge in [-0.3, -0.25) is 4.90 Å². The standard InChI is InChI=1S/C17H23ClN4/c1-14-19-8-11-21(14)10-7-16-4-2-3-9-22(16)13-15-5-6-17(18)20-12-15/h5-6,8,11-12,16H,2-4,7,9-10,13H2,1H3/t16-/m1/s1. The molecule has 2 aromatic heterocycles. The molecule has 3 heterocycles. The van der Waals surface area contributed by atoms with Gasteiger partial charge in [0.1, 0.15) is 11.0 Å². The van der Waals surface area contributed by atoms with E-state index >= 15 is 0 Å². The summed E-state index contributed by atoms with van der Waals surface area (Å²) >= 11 is 5.87. The molecular weight excluding hydrogens is 296 g/mol. The molecule has 1 saturated heterocycles. The van der Waals surface area contributed by atoms with Crippen molar-refractivity contribution in [2.75, 3.05) is 6.54 Å². The van der Waals surface area contributed by atoms with Gasteiger partial charge in [-0.1, -0.05) is 24.1 Å². The zero-order valence-electron chi connectivity index (χ0n) is 13.1. The molecule has 0 amide bonds. The maximum atomic E-state index is 5.87. The second-order valence-electron chi connectivity index (χ2n) is 6.07. The molecule has 0 N–H and O–H groups in total. The third-order valence-electron chi connectivity index (χ3n) is 4.55. The van der Waals surface area contributed by atoms with Crippen molar-refractivity contribution >= 4 is 11.6 Å². The summed E-state index contributed by atoms with van der Waals surface area (Å²) in [6.07, 6.45) is 10.9. The molecule has 5 heteroatoms. The molecule has 3 rings (SSSR count). The summed E-state index contributed by atoms with van der Waals surface area (Å²) < 4.78 is 2.25. The van der Waals surface area contributed by atoms with Crippen molar-refractivity contribution in [1.29, 1.82) is 0 Å². The van der Waals surface area contributed by atoms with E-state index < -0.39 is 0 Å². The van der Waals surface area contributed by atoms with Gasteiger partial charge in [-0.15, -0.1) is 0 Å². The quantitative estimate of drug-likeness (QED) is 0.789. The minimum absolute atomic E-state index is 0.564. The Kier molecular flexibility index (Phi) is 5.11. The molecule has 1 aliphatic rings. The first kappa shape index (κ1) is 15.5. The maximum absolute atomic E-state index is 5.87.